The third-order valence-corrected chi connectivity index (χ3v) is 3.25. The molecule has 1 heterocycles. The van der Waals surface area contributed by atoms with Gasteiger partial charge in [0, 0.05) is 19.4 Å². The van der Waals surface area contributed by atoms with E-state index >= 15 is 0 Å². The average molecular weight is 268 g/mol. The van der Waals surface area contributed by atoms with Gasteiger partial charge in [-0.2, -0.15) is 0 Å². The first-order valence-electron chi connectivity index (χ1n) is 5.70. The quantitative estimate of drug-likeness (QED) is 0.923. The molecule has 18 heavy (non-hydrogen) atoms. The van der Waals surface area contributed by atoms with Gasteiger partial charge in [0.25, 0.3) is 0 Å². The number of rotatable bonds is 4. The SMILES string of the molecule is CNC(Cc1ccc(Cl)c(F)c1)c1nccn1C. The number of aromatic nitrogens is 2. The minimum absolute atomic E-state index is 0.0468. The fourth-order valence-electron chi connectivity index (χ4n) is 1.94. The molecule has 2 rings (SSSR count). The second-order valence-electron chi connectivity index (χ2n) is 4.19. The highest BCUT2D eigenvalue weighted by Gasteiger charge is 2.15. The fraction of sp³-hybridized carbons (Fsp3) is 0.308. The van der Waals surface area contributed by atoms with Crippen molar-refractivity contribution in [1.29, 1.82) is 0 Å². The highest BCUT2D eigenvalue weighted by molar-refractivity contribution is 6.30. The van der Waals surface area contributed by atoms with Gasteiger partial charge in [-0.3, -0.25) is 0 Å². The van der Waals surface area contributed by atoms with Crippen LogP contribution in [0.15, 0.2) is 30.6 Å². The van der Waals surface area contributed by atoms with Crippen LogP contribution in [-0.2, 0) is 13.5 Å². The van der Waals surface area contributed by atoms with E-state index in [9.17, 15) is 4.39 Å². The van der Waals surface area contributed by atoms with Crippen LogP contribution in [-0.4, -0.2) is 16.6 Å². The minimum atomic E-state index is -0.385. The van der Waals surface area contributed by atoms with Gasteiger partial charge in [0.15, 0.2) is 0 Å². The van der Waals surface area contributed by atoms with Gasteiger partial charge in [0.05, 0.1) is 11.1 Å². The van der Waals surface area contributed by atoms with Crippen molar-refractivity contribution < 1.29 is 4.39 Å². The van der Waals surface area contributed by atoms with E-state index in [0.29, 0.717) is 6.42 Å². The van der Waals surface area contributed by atoms with E-state index in [0.717, 1.165) is 11.4 Å². The molecule has 0 aliphatic heterocycles. The molecule has 1 aromatic heterocycles. The van der Waals surface area contributed by atoms with Gasteiger partial charge in [0.1, 0.15) is 11.6 Å². The summed E-state index contributed by atoms with van der Waals surface area (Å²) in [5, 5.41) is 3.34. The molecule has 0 saturated carbocycles. The van der Waals surface area contributed by atoms with E-state index in [1.807, 2.05) is 30.9 Å². The number of nitrogens with zero attached hydrogens (tertiary/aromatic N) is 2. The molecule has 0 fully saturated rings. The Morgan fingerprint density at radius 1 is 1.50 bits per heavy atom. The first-order valence-corrected chi connectivity index (χ1v) is 6.08. The Hall–Kier alpha value is -1.39. The zero-order chi connectivity index (χ0) is 13.1. The number of aryl methyl sites for hydroxylation is 1. The highest BCUT2D eigenvalue weighted by Crippen LogP contribution is 2.20. The van der Waals surface area contributed by atoms with Crippen LogP contribution in [0.3, 0.4) is 0 Å². The van der Waals surface area contributed by atoms with Crippen LogP contribution >= 0.6 is 11.6 Å². The van der Waals surface area contributed by atoms with Gasteiger partial charge < -0.3 is 9.88 Å². The van der Waals surface area contributed by atoms with E-state index in [1.54, 1.807) is 12.3 Å². The van der Waals surface area contributed by atoms with Crippen molar-refractivity contribution in [3.8, 4) is 0 Å². The summed E-state index contributed by atoms with van der Waals surface area (Å²) in [5.41, 5.74) is 0.888. The summed E-state index contributed by atoms with van der Waals surface area (Å²) in [6.07, 6.45) is 4.31. The van der Waals surface area contributed by atoms with Crippen LogP contribution in [0.4, 0.5) is 4.39 Å². The second kappa shape index (κ2) is 5.50. The van der Waals surface area contributed by atoms with Gasteiger partial charge in [-0.1, -0.05) is 17.7 Å². The molecule has 3 nitrogen and oxygen atoms in total. The summed E-state index contributed by atoms with van der Waals surface area (Å²) in [4.78, 5) is 4.30. The van der Waals surface area contributed by atoms with Gasteiger partial charge in [-0.15, -0.1) is 0 Å². The molecule has 0 aliphatic carbocycles. The lowest BCUT2D eigenvalue weighted by Crippen LogP contribution is -2.22. The Bertz CT molecular complexity index is 539. The van der Waals surface area contributed by atoms with Crippen molar-refractivity contribution >= 4 is 11.6 Å². The smallest absolute Gasteiger partial charge is 0.142 e. The lowest BCUT2D eigenvalue weighted by atomic mass is 10.1. The lowest BCUT2D eigenvalue weighted by Gasteiger charge is -2.16. The van der Waals surface area contributed by atoms with Crippen molar-refractivity contribution in [2.45, 2.75) is 12.5 Å². The predicted octanol–water partition coefficient (Wildman–Crippen LogP) is 2.72. The Morgan fingerprint density at radius 2 is 2.28 bits per heavy atom. The van der Waals surface area contributed by atoms with Crippen molar-refractivity contribution in [3.63, 3.8) is 0 Å². The maximum Gasteiger partial charge on any atom is 0.142 e. The molecule has 1 atom stereocenters. The van der Waals surface area contributed by atoms with Crippen molar-refractivity contribution in [2.24, 2.45) is 7.05 Å². The van der Waals surface area contributed by atoms with Crippen molar-refractivity contribution in [2.75, 3.05) is 7.05 Å². The monoisotopic (exact) mass is 267 g/mol. The normalized spacial score (nSPS) is 12.7. The van der Waals surface area contributed by atoms with Gasteiger partial charge in [-0.05, 0) is 31.2 Å². The Morgan fingerprint density at radius 3 is 2.83 bits per heavy atom. The summed E-state index contributed by atoms with van der Waals surface area (Å²) in [6.45, 7) is 0. The van der Waals surface area contributed by atoms with E-state index in [2.05, 4.69) is 10.3 Å². The number of hydrogen-bond donors (Lipinski definition) is 1. The number of nitrogens with one attached hydrogen (secondary N) is 1. The maximum absolute atomic E-state index is 13.4. The fourth-order valence-corrected chi connectivity index (χ4v) is 2.06. The lowest BCUT2D eigenvalue weighted by molar-refractivity contribution is 0.535. The molecule has 1 unspecified atom stereocenters. The van der Waals surface area contributed by atoms with Crippen molar-refractivity contribution in [3.05, 3.63) is 52.8 Å². The van der Waals surface area contributed by atoms with Crippen LogP contribution in [0, 0.1) is 5.82 Å². The molecule has 1 N–H and O–H groups in total. The van der Waals surface area contributed by atoms with E-state index in [4.69, 9.17) is 11.6 Å². The van der Waals surface area contributed by atoms with Crippen LogP contribution in [0.25, 0.3) is 0 Å². The van der Waals surface area contributed by atoms with E-state index in [1.165, 1.54) is 6.07 Å². The first kappa shape index (κ1) is 13.1. The van der Waals surface area contributed by atoms with Crippen LogP contribution < -0.4 is 5.32 Å². The molecular weight excluding hydrogens is 253 g/mol. The third-order valence-electron chi connectivity index (χ3n) is 2.94. The highest BCUT2D eigenvalue weighted by atomic mass is 35.5. The summed E-state index contributed by atoms with van der Waals surface area (Å²) >= 11 is 5.67. The molecule has 0 bridgehead atoms. The molecule has 5 heteroatoms. The van der Waals surface area contributed by atoms with Gasteiger partial charge in [-0.25, -0.2) is 9.37 Å². The Balaban J connectivity index is 2.20. The Labute approximate surface area is 111 Å². The van der Waals surface area contributed by atoms with Crippen LogP contribution in [0.1, 0.15) is 17.4 Å². The van der Waals surface area contributed by atoms with Crippen molar-refractivity contribution in [1.82, 2.24) is 14.9 Å². The summed E-state index contributed by atoms with van der Waals surface area (Å²) in [6, 6.07) is 4.93. The zero-order valence-electron chi connectivity index (χ0n) is 10.3. The number of imidazole rings is 1. The maximum atomic E-state index is 13.4. The number of likely N-dealkylation sites (N-methyl/N-ethyl adjacent to an activating group) is 1. The number of halogens is 2. The van der Waals surface area contributed by atoms with E-state index in [-0.39, 0.29) is 16.9 Å². The zero-order valence-corrected chi connectivity index (χ0v) is 11.1. The number of hydrogen-bond acceptors (Lipinski definition) is 2. The largest absolute Gasteiger partial charge is 0.337 e. The molecular formula is C13H15ClFN3. The summed E-state index contributed by atoms with van der Waals surface area (Å²) in [5.74, 6) is 0.539. The molecule has 0 spiro atoms. The number of benzene rings is 1. The molecule has 96 valence electrons. The molecule has 0 aliphatic rings. The molecule has 0 saturated heterocycles. The van der Waals surface area contributed by atoms with Gasteiger partial charge in [0.2, 0.25) is 0 Å². The minimum Gasteiger partial charge on any atom is -0.337 e. The third kappa shape index (κ3) is 2.71. The molecule has 1 aromatic carbocycles. The van der Waals surface area contributed by atoms with Crippen LogP contribution in [0.5, 0.6) is 0 Å². The van der Waals surface area contributed by atoms with Gasteiger partial charge >= 0.3 is 0 Å². The molecule has 0 amide bonds. The Kier molecular flexibility index (Phi) is 3.99. The summed E-state index contributed by atoms with van der Waals surface area (Å²) in [7, 11) is 3.81. The standard InChI is InChI=1S/C13H15ClFN3/c1-16-12(13-17-5-6-18(13)2)8-9-3-4-10(14)11(15)7-9/h3-7,12,16H,8H2,1-2H3. The second-order valence-corrected chi connectivity index (χ2v) is 4.60. The average Bonchev–Trinajstić information content (AvgIpc) is 2.77. The first-order chi connectivity index (χ1) is 8.61. The molecule has 2 aromatic rings. The topological polar surface area (TPSA) is 29.9 Å². The summed E-state index contributed by atoms with van der Waals surface area (Å²) < 4.78 is 15.3. The van der Waals surface area contributed by atoms with E-state index < -0.39 is 0 Å². The predicted molar refractivity (Wildman–Crippen MR) is 70.1 cm³/mol. The molecule has 0 radical (unpaired) electrons. The van der Waals surface area contributed by atoms with Crippen LogP contribution in [0.2, 0.25) is 5.02 Å².